The first-order valence-electron chi connectivity index (χ1n) is 6.33. The van der Waals surface area contributed by atoms with Gasteiger partial charge in [-0.3, -0.25) is 4.79 Å². The van der Waals surface area contributed by atoms with Crippen LogP contribution in [0.15, 0.2) is 18.2 Å². The van der Waals surface area contributed by atoms with Crippen molar-refractivity contribution in [2.45, 2.75) is 25.7 Å². The first-order chi connectivity index (χ1) is 8.63. The van der Waals surface area contributed by atoms with Gasteiger partial charge in [0.1, 0.15) is 0 Å². The Balaban J connectivity index is 2.26. The molecule has 2 unspecified atom stereocenters. The maximum Gasteiger partial charge on any atom is 0.167 e. The van der Waals surface area contributed by atoms with Crippen LogP contribution in [0.4, 0.5) is 0 Å². The minimum Gasteiger partial charge on any atom is -0.330 e. The molecule has 1 aliphatic carbocycles. The molecular formula is C14H17Cl2NO. The van der Waals surface area contributed by atoms with E-state index in [0.717, 1.165) is 25.7 Å². The van der Waals surface area contributed by atoms with Crippen LogP contribution in [-0.4, -0.2) is 12.3 Å². The number of carbonyl (C=O) groups excluding carboxylic acids is 1. The van der Waals surface area contributed by atoms with E-state index in [1.165, 1.54) is 0 Å². The van der Waals surface area contributed by atoms with Crippen LogP contribution in [-0.2, 0) is 0 Å². The second-order valence-electron chi connectivity index (χ2n) is 4.88. The minimum absolute atomic E-state index is 0.000262. The van der Waals surface area contributed by atoms with Crippen molar-refractivity contribution in [3.05, 3.63) is 33.8 Å². The van der Waals surface area contributed by atoms with Gasteiger partial charge in [0.2, 0.25) is 0 Å². The average Bonchev–Trinajstić information content (AvgIpc) is 2.40. The largest absolute Gasteiger partial charge is 0.330 e. The van der Waals surface area contributed by atoms with E-state index in [2.05, 4.69) is 0 Å². The molecule has 4 heteroatoms. The minimum atomic E-state index is -0.000262. The summed E-state index contributed by atoms with van der Waals surface area (Å²) in [5, 5.41) is 1.02. The summed E-state index contributed by atoms with van der Waals surface area (Å²) in [4.78, 5) is 12.5. The monoisotopic (exact) mass is 285 g/mol. The van der Waals surface area contributed by atoms with E-state index in [-0.39, 0.29) is 17.6 Å². The van der Waals surface area contributed by atoms with Gasteiger partial charge in [-0.15, -0.1) is 0 Å². The summed E-state index contributed by atoms with van der Waals surface area (Å²) in [6, 6.07) is 5.04. The molecule has 2 nitrogen and oxygen atoms in total. The van der Waals surface area contributed by atoms with Crippen molar-refractivity contribution in [2.75, 3.05) is 6.54 Å². The number of nitrogens with two attached hydrogens (primary N) is 1. The summed E-state index contributed by atoms with van der Waals surface area (Å²) in [7, 11) is 0. The molecule has 2 rings (SSSR count). The lowest BCUT2D eigenvalue weighted by molar-refractivity contribution is 0.0830. The lowest BCUT2D eigenvalue weighted by atomic mass is 9.75. The molecule has 1 aliphatic rings. The van der Waals surface area contributed by atoms with Gasteiger partial charge in [0.25, 0.3) is 0 Å². The summed E-state index contributed by atoms with van der Waals surface area (Å²) in [5.41, 5.74) is 6.30. The van der Waals surface area contributed by atoms with Crippen LogP contribution in [0.1, 0.15) is 36.0 Å². The maximum absolute atomic E-state index is 12.5. The van der Waals surface area contributed by atoms with Crippen molar-refractivity contribution in [1.29, 1.82) is 0 Å². The number of rotatable bonds is 3. The Morgan fingerprint density at radius 1 is 1.28 bits per heavy atom. The van der Waals surface area contributed by atoms with E-state index in [0.29, 0.717) is 22.2 Å². The van der Waals surface area contributed by atoms with Crippen LogP contribution >= 0.6 is 23.2 Å². The Kier molecular flexibility index (Phi) is 4.66. The highest BCUT2D eigenvalue weighted by Crippen LogP contribution is 2.34. The summed E-state index contributed by atoms with van der Waals surface area (Å²) in [6.45, 7) is 0.564. The number of benzene rings is 1. The average molecular weight is 286 g/mol. The van der Waals surface area contributed by atoms with Gasteiger partial charge in [-0.1, -0.05) is 36.0 Å². The van der Waals surface area contributed by atoms with Crippen LogP contribution in [0.5, 0.6) is 0 Å². The third kappa shape index (κ3) is 2.87. The van der Waals surface area contributed by atoms with Crippen molar-refractivity contribution in [1.82, 2.24) is 0 Å². The van der Waals surface area contributed by atoms with E-state index in [1.54, 1.807) is 18.2 Å². The molecule has 0 aromatic heterocycles. The number of hydrogen-bond acceptors (Lipinski definition) is 2. The molecule has 0 radical (unpaired) electrons. The predicted molar refractivity (Wildman–Crippen MR) is 75.3 cm³/mol. The number of hydrogen-bond donors (Lipinski definition) is 1. The Morgan fingerprint density at radius 2 is 2.00 bits per heavy atom. The molecule has 1 fully saturated rings. The van der Waals surface area contributed by atoms with Gasteiger partial charge in [0, 0.05) is 16.5 Å². The molecule has 98 valence electrons. The van der Waals surface area contributed by atoms with Crippen molar-refractivity contribution in [3.8, 4) is 0 Å². The van der Waals surface area contributed by atoms with Gasteiger partial charge in [0.15, 0.2) is 5.78 Å². The zero-order valence-corrected chi connectivity index (χ0v) is 11.7. The first-order valence-corrected chi connectivity index (χ1v) is 7.08. The van der Waals surface area contributed by atoms with Gasteiger partial charge in [-0.2, -0.15) is 0 Å². The van der Waals surface area contributed by atoms with Crippen LogP contribution in [0.3, 0.4) is 0 Å². The molecule has 2 N–H and O–H groups in total. The summed E-state index contributed by atoms with van der Waals surface area (Å²) in [6.07, 6.45) is 4.19. The van der Waals surface area contributed by atoms with E-state index in [4.69, 9.17) is 28.9 Å². The Labute approximate surface area is 117 Å². The summed E-state index contributed by atoms with van der Waals surface area (Å²) >= 11 is 12.0. The van der Waals surface area contributed by atoms with Crippen molar-refractivity contribution in [2.24, 2.45) is 17.6 Å². The van der Waals surface area contributed by atoms with Crippen LogP contribution in [0.2, 0.25) is 10.0 Å². The molecule has 1 aromatic rings. The number of ketones is 1. The highest BCUT2D eigenvalue weighted by Gasteiger charge is 2.31. The Morgan fingerprint density at radius 3 is 2.72 bits per heavy atom. The molecule has 0 heterocycles. The van der Waals surface area contributed by atoms with Crippen molar-refractivity contribution >= 4 is 29.0 Å². The van der Waals surface area contributed by atoms with Crippen LogP contribution < -0.4 is 5.73 Å². The molecular weight excluding hydrogens is 269 g/mol. The van der Waals surface area contributed by atoms with E-state index >= 15 is 0 Å². The third-order valence-corrected chi connectivity index (χ3v) is 4.31. The second kappa shape index (κ2) is 6.05. The van der Waals surface area contributed by atoms with Gasteiger partial charge in [-0.25, -0.2) is 0 Å². The number of Topliss-reactive ketones (excluding diaryl/α,β-unsaturated/α-hetero) is 1. The topological polar surface area (TPSA) is 43.1 Å². The summed E-state index contributed by atoms with van der Waals surface area (Å²) in [5.74, 6) is 0.374. The highest BCUT2D eigenvalue weighted by atomic mass is 35.5. The predicted octanol–water partition coefficient (Wildman–Crippen LogP) is 3.94. The quantitative estimate of drug-likeness (QED) is 0.855. The number of halogens is 2. The highest BCUT2D eigenvalue weighted by molar-refractivity contribution is 6.36. The third-order valence-electron chi connectivity index (χ3n) is 3.74. The van der Waals surface area contributed by atoms with Crippen LogP contribution in [0, 0.1) is 11.8 Å². The van der Waals surface area contributed by atoms with E-state index in [9.17, 15) is 4.79 Å². The summed E-state index contributed by atoms with van der Waals surface area (Å²) < 4.78 is 0. The smallest absolute Gasteiger partial charge is 0.167 e. The zero-order chi connectivity index (χ0) is 13.1. The fraction of sp³-hybridized carbons (Fsp3) is 0.500. The fourth-order valence-corrected chi connectivity index (χ4v) is 3.10. The normalized spacial score (nSPS) is 23.9. The molecule has 1 saturated carbocycles. The first kappa shape index (κ1) is 13.9. The molecule has 0 aliphatic heterocycles. The lowest BCUT2D eigenvalue weighted by Crippen LogP contribution is -2.32. The Hall–Kier alpha value is -0.570. The fourth-order valence-electron chi connectivity index (χ4n) is 2.72. The molecule has 1 aromatic carbocycles. The van der Waals surface area contributed by atoms with Crippen molar-refractivity contribution < 1.29 is 4.79 Å². The van der Waals surface area contributed by atoms with E-state index in [1.807, 2.05) is 0 Å². The SMILES string of the molecule is NCC1CCCCC1C(=O)c1cc(Cl)ccc1Cl. The van der Waals surface area contributed by atoms with Crippen LogP contribution in [0.25, 0.3) is 0 Å². The number of carbonyl (C=O) groups is 1. The molecule has 0 spiro atoms. The van der Waals surface area contributed by atoms with Crippen molar-refractivity contribution in [3.63, 3.8) is 0 Å². The molecule has 18 heavy (non-hydrogen) atoms. The molecule has 0 bridgehead atoms. The molecule has 0 amide bonds. The Bertz CT molecular complexity index is 447. The van der Waals surface area contributed by atoms with E-state index < -0.39 is 0 Å². The zero-order valence-electron chi connectivity index (χ0n) is 10.2. The lowest BCUT2D eigenvalue weighted by Gasteiger charge is -2.29. The van der Waals surface area contributed by atoms with Gasteiger partial charge in [-0.05, 0) is 43.5 Å². The van der Waals surface area contributed by atoms with Gasteiger partial charge in [0.05, 0.1) is 5.02 Å². The van der Waals surface area contributed by atoms with Gasteiger partial charge >= 0.3 is 0 Å². The van der Waals surface area contributed by atoms with Gasteiger partial charge < -0.3 is 5.73 Å². The molecule has 2 atom stereocenters. The standard InChI is InChI=1S/C14H17Cl2NO/c15-10-5-6-13(16)12(7-10)14(18)11-4-2-1-3-9(11)8-17/h5-7,9,11H,1-4,8,17H2. The molecule has 0 saturated heterocycles. The maximum atomic E-state index is 12.5. The second-order valence-corrected chi connectivity index (χ2v) is 5.72.